The van der Waals surface area contributed by atoms with Gasteiger partial charge in [0.2, 0.25) is 0 Å². The van der Waals surface area contributed by atoms with Crippen molar-refractivity contribution in [2.75, 3.05) is 6.61 Å². The first-order valence-corrected chi connectivity index (χ1v) is 6.82. The summed E-state index contributed by atoms with van der Waals surface area (Å²) in [4.78, 5) is 0.567. The van der Waals surface area contributed by atoms with E-state index in [-0.39, 0.29) is 5.41 Å². The van der Waals surface area contributed by atoms with Crippen LogP contribution in [0.3, 0.4) is 0 Å². The molecule has 0 heterocycles. The normalized spacial score (nSPS) is 11.5. The van der Waals surface area contributed by atoms with E-state index in [0.717, 1.165) is 23.4 Å². The quantitative estimate of drug-likeness (QED) is 0.609. The minimum absolute atomic E-state index is 0.0885. The Hall–Kier alpha value is -0.640. The summed E-state index contributed by atoms with van der Waals surface area (Å²) in [5.41, 5.74) is 6.67. The largest absolute Gasteiger partial charge is 0.393 e. The average molecular weight is 286 g/mol. The van der Waals surface area contributed by atoms with Crippen LogP contribution in [0.2, 0.25) is 5.02 Å². The second-order valence-electron chi connectivity index (χ2n) is 5.03. The maximum atomic E-state index is 5.90. The molecule has 0 aliphatic carbocycles. The van der Waals surface area contributed by atoms with E-state index in [2.05, 4.69) is 13.8 Å². The summed E-state index contributed by atoms with van der Waals surface area (Å²) in [6.07, 6.45) is 1.89. The molecule has 0 aliphatic heterocycles. The molecule has 0 fully saturated rings. The fraction of sp³-hybridized carbons (Fsp3) is 0.500. The summed E-state index contributed by atoms with van der Waals surface area (Å²) in [5, 5.41) is 0.741. The number of ether oxygens (including phenoxy) is 1. The molecule has 0 atom stereocenters. The van der Waals surface area contributed by atoms with Gasteiger partial charge in [0.25, 0.3) is 0 Å². The highest BCUT2D eigenvalue weighted by Gasteiger charge is 2.20. The van der Waals surface area contributed by atoms with Crippen LogP contribution >= 0.6 is 23.8 Å². The Labute approximate surface area is 119 Å². The predicted molar refractivity (Wildman–Crippen MR) is 80.9 cm³/mol. The van der Waals surface area contributed by atoms with E-state index >= 15 is 0 Å². The molecule has 0 radical (unpaired) electrons. The van der Waals surface area contributed by atoms with E-state index in [0.29, 0.717) is 18.2 Å². The second-order valence-corrected chi connectivity index (χ2v) is 5.91. The van der Waals surface area contributed by atoms with Gasteiger partial charge in [-0.2, -0.15) is 0 Å². The molecule has 0 bridgehead atoms. The van der Waals surface area contributed by atoms with Crippen LogP contribution in [0.25, 0.3) is 0 Å². The van der Waals surface area contributed by atoms with E-state index in [1.165, 1.54) is 0 Å². The summed E-state index contributed by atoms with van der Waals surface area (Å²) in [5.74, 6) is 0. The maximum absolute atomic E-state index is 5.90. The van der Waals surface area contributed by atoms with Crippen LogP contribution in [0.5, 0.6) is 0 Å². The van der Waals surface area contributed by atoms with Gasteiger partial charge in [0, 0.05) is 17.0 Å². The zero-order valence-electron chi connectivity index (χ0n) is 10.9. The molecule has 1 rings (SSSR count). The van der Waals surface area contributed by atoms with Crippen molar-refractivity contribution in [3.8, 4) is 0 Å². The first kappa shape index (κ1) is 15.4. The zero-order valence-corrected chi connectivity index (χ0v) is 12.5. The molecule has 18 heavy (non-hydrogen) atoms. The van der Waals surface area contributed by atoms with Gasteiger partial charge in [0.1, 0.15) is 0 Å². The number of benzene rings is 1. The smallest absolute Gasteiger partial charge is 0.0784 e. The number of hydrogen-bond donors (Lipinski definition) is 1. The summed E-state index contributed by atoms with van der Waals surface area (Å²) >= 11 is 10.9. The lowest BCUT2D eigenvalue weighted by Gasteiger charge is -2.22. The van der Waals surface area contributed by atoms with E-state index in [9.17, 15) is 0 Å². The lowest BCUT2D eigenvalue weighted by molar-refractivity contribution is 0.113. The SMILES string of the molecule is CC(C)(CCCOCc1cccc(Cl)c1)C(N)=S. The highest BCUT2D eigenvalue weighted by Crippen LogP contribution is 2.22. The molecule has 0 aromatic heterocycles. The standard InChI is InChI=1S/C14H20ClNOS/c1-14(2,13(16)18)7-4-8-17-10-11-5-3-6-12(15)9-11/h3,5-6,9H,4,7-8,10H2,1-2H3,(H2,16,18). The fourth-order valence-electron chi connectivity index (χ4n) is 1.56. The van der Waals surface area contributed by atoms with Gasteiger partial charge >= 0.3 is 0 Å². The zero-order chi connectivity index (χ0) is 13.6. The van der Waals surface area contributed by atoms with Crippen molar-refractivity contribution in [2.45, 2.75) is 33.3 Å². The minimum Gasteiger partial charge on any atom is -0.393 e. The van der Waals surface area contributed by atoms with Crippen molar-refractivity contribution in [2.24, 2.45) is 11.1 Å². The van der Waals surface area contributed by atoms with Gasteiger partial charge in [-0.3, -0.25) is 0 Å². The summed E-state index contributed by atoms with van der Waals surface area (Å²) in [6, 6.07) is 7.71. The molecule has 0 unspecified atom stereocenters. The molecule has 0 spiro atoms. The highest BCUT2D eigenvalue weighted by atomic mass is 35.5. The maximum Gasteiger partial charge on any atom is 0.0784 e. The molecule has 100 valence electrons. The third-order valence-corrected chi connectivity index (χ3v) is 3.70. The third-order valence-electron chi connectivity index (χ3n) is 2.92. The Morgan fingerprint density at radius 3 is 2.78 bits per heavy atom. The molecule has 0 saturated heterocycles. The molecule has 2 N–H and O–H groups in total. The van der Waals surface area contributed by atoms with Gasteiger partial charge in [0.15, 0.2) is 0 Å². The van der Waals surface area contributed by atoms with Gasteiger partial charge < -0.3 is 10.5 Å². The van der Waals surface area contributed by atoms with Crippen molar-refractivity contribution < 1.29 is 4.74 Å². The first-order chi connectivity index (χ1) is 8.42. The molecule has 4 heteroatoms. The van der Waals surface area contributed by atoms with Gasteiger partial charge in [-0.25, -0.2) is 0 Å². The number of nitrogens with two attached hydrogens (primary N) is 1. The van der Waals surface area contributed by atoms with Crippen LogP contribution in [0.1, 0.15) is 32.3 Å². The number of hydrogen-bond acceptors (Lipinski definition) is 2. The average Bonchev–Trinajstić information content (AvgIpc) is 2.28. The van der Waals surface area contributed by atoms with Crippen LogP contribution in [0.4, 0.5) is 0 Å². The number of rotatable bonds is 7. The van der Waals surface area contributed by atoms with Crippen LogP contribution in [0, 0.1) is 5.41 Å². The monoisotopic (exact) mass is 285 g/mol. The van der Waals surface area contributed by atoms with Crippen molar-refractivity contribution in [3.05, 3.63) is 34.9 Å². The summed E-state index contributed by atoms with van der Waals surface area (Å²) < 4.78 is 5.61. The molecule has 1 aromatic carbocycles. The molecule has 2 nitrogen and oxygen atoms in total. The van der Waals surface area contributed by atoms with Crippen molar-refractivity contribution >= 4 is 28.8 Å². The molecule has 0 aliphatic rings. The Balaban J connectivity index is 2.22. The fourth-order valence-corrected chi connectivity index (χ4v) is 1.87. The van der Waals surface area contributed by atoms with E-state index in [4.69, 9.17) is 34.3 Å². The number of thiocarbonyl (C=S) groups is 1. The molecular formula is C14H20ClNOS. The summed E-state index contributed by atoms with van der Waals surface area (Å²) in [6.45, 7) is 5.42. The molecule has 0 amide bonds. The van der Waals surface area contributed by atoms with Gasteiger partial charge in [0.05, 0.1) is 11.6 Å². The highest BCUT2D eigenvalue weighted by molar-refractivity contribution is 7.80. The first-order valence-electron chi connectivity index (χ1n) is 6.04. The Kier molecular flexibility index (Phi) is 6.06. The lowest BCUT2D eigenvalue weighted by atomic mass is 9.88. The predicted octanol–water partition coefficient (Wildman–Crippen LogP) is 3.95. The Morgan fingerprint density at radius 1 is 1.44 bits per heavy atom. The third kappa shape index (κ3) is 5.34. The van der Waals surface area contributed by atoms with E-state index in [1.807, 2.05) is 24.3 Å². The second kappa shape index (κ2) is 7.07. The number of halogens is 1. The summed E-state index contributed by atoms with van der Waals surface area (Å²) in [7, 11) is 0. The van der Waals surface area contributed by atoms with Crippen LogP contribution in [-0.4, -0.2) is 11.6 Å². The van der Waals surface area contributed by atoms with Gasteiger partial charge in [-0.15, -0.1) is 0 Å². The lowest BCUT2D eigenvalue weighted by Crippen LogP contribution is -2.29. The molecule has 0 saturated carbocycles. The Morgan fingerprint density at radius 2 is 2.17 bits per heavy atom. The molecular weight excluding hydrogens is 266 g/mol. The van der Waals surface area contributed by atoms with E-state index in [1.54, 1.807) is 0 Å². The van der Waals surface area contributed by atoms with Crippen LogP contribution in [0.15, 0.2) is 24.3 Å². The topological polar surface area (TPSA) is 35.2 Å². The van der Waals surface area contributed by atoms with Crippen molar-refractivity contribution in [1.29, 1.82) is 0 Å². The Bertz CT molecular complexity index is 407. The van der Waals surface area contributed by atoms with E-state index < -0.39 is 0 Å². The van der Waals surface area contributed by atoms with Crippen molar-refractivity contribution in [3.63, 3.8) is 0 Å². The van der Waals surface area contributed by atoms with Crippen LogP contribution in [-0.2, 0) is 11.3 Å². The van der Waals surface area contributed by atoms with Crippen LogP contribution < -0.4 is 5.73 Å². The molecule has 1 aromatic rings. The van der Waals surface area contributed by atoms with Crippen molar-refractivity contribution in [1.82, 2.24) is 0 Å². The van der Waals surface area contributed by atoms with Gasteiger partial charge in [-0.1, -0.05) is 49.8 Å². The minimum atomic E-state index is -0.0885. The van der Waals surface area contributed by atoms with Gasteiger partial charge in [-0.05, 0) is 30.5 Å².